The normalized spacial score (nSPS) is 13.3. The monoisotopic (exact) mass is 348 g/mol. The molecule has 1 aliphatic rings. The molecule has 26 heavy (non-hydrogen) atoms. The Hall–Kier alpha value is -3.15. The van der Waals surface area contributed by atoms with Crippen molar-refractivity contribution in [2.75, 3.05) is 0 Å². The molecular weight excluding hydrogens is 334 g/mol. The van der Waals surface area contributed by atoms with E-state index in [2.05, 4.69) is 15.1 Å². The van der Waals surface area contributed by atoms with Crippen molar-refractivity contribution in [3.8, 4) is 22.4 Å². The lowest BCUT2D eigenvalue weighted by Crippen LogP contribution is -1.94. The van der Waals surface area contributed by atoms with Gasteiger partial charge in [-0.05, 0) is 48.7 Å². The summed E-state index contributed by atoms with van der Waals surface area (Å²) in [5, 5.41) is 4.68. The number of benzene rings is 2. The molecule has 3 heterocycles. The molecule has 0 N–H and O–H groups in total. The highest BCUT2D eigenvalue weighted by atomic mass is 19.2. The first kappa shape index (κ1) is 15.1. The fraction of sp³-hybridized carbons (Fsp3) is 0.150. The second-order valence-electron chi connectivity index (χ2n) is 6.39. The molecule has 0 spiro atoms. The molecule has 0 amide bonds. The molecule has 2 aromatic carbocycles. The van der Waals surface area contributed by atoms with E-state index in [1.54, 1.807) is 18.5 Å². The second-order valence-corrected chi connectivity index (χ2v) is 6.39. The standard InChI is InChI=1S/C20H14F2N4/c21-14-5-3-13(10-15(14)22)20-19(18-2-1-9-26(18)25-20)12-4-6-16-17(11-12)24-8-7-23-16/h3-8,10-11H,1-2,9H2. The Balaban J connectivity index is 1.75. The number of hydrogen-bond acceptors (Lipinski definition) is 3. The van der Waals surface area contributed by atoms with Crippen LogP contribution in [0.3, 0.4) is 0 Å². The molecule has 0 unspecified atom stereocenters. The van der Waals surface area contributed by atoms with E-state index in [1.165, 1.54) is 6.07 Å². The smallest absolute Gasteiger partial charge is 0.159 e. The molecule has 0 atom stereocenters. The van der Waals surface area contributed by atoms with Crippen molar-refractivity contribution < 1.29 is 8.78 Å². The molecule has 128 valence electrons. The third-order valence-electron chi connectivity index (χ3n) is 4.79. The first-order valence-corrected chi connectivity index (χ1v) is 8.47. The van der Waals surface area contributed by atoms with Crippen molar-refractivity contribution in [3.63, 3.8) is 0 Å². The van der Waals surface area contributed by atoms with Crippen LogP contribution in [0.5, 0.6) is 0 Å². The second kappa shape index (κ2) is 5.69. The van der Waals surface area contributed by atoms with Crippen molar-refractivity contribution >= 4 is 11.0 Å². The SMILES string of the molecule is Fc1ccc(-c2nn3c(c2-c2ccc4nccnc4c2)CCC3)cc1F. The molecule has 0 bridgehead atoms. The van der Waals surface area contributed by atoms with Crippen LogP contribution in [0, 0.1) is 11.6 Å². The van der Waals surface area contributed by atoms with Crippen LogP contribution in [-0.2, 0) is 13.0 Å². The summed E-state index contributed by atoms with van der Waals surface area (Å²) in [6, 6.07) is 9.80. The van der Waals surface area contributed by atoms with Gasteiger partial charge < -0.3 is 0 Å². The molecule has 1 aliphatic heterocycles. The van der Waals surface area contributed by atoms with E-state index in [0.717, 1.165) is 53.3 Å². The number of fused-ring (bicyclic) bond motifs is 2. The van der Waals surface area contributed by atoms with Crippen LogP contribution < -0.4 is 0 Å². The zero-order valence-corrected chi connectivity index (χ0v) is 13.8. The summed E-state index contributed by atoms with van der Waals surface area (Å²) in [5.74, 6) is -1.73. The summed E-state index contributed by atoms with van der Waals surface area (Å²) < 4.78 is 29.1. The molecule has 0 saturated heterocycles. The third kappa shape index (κ3) is 2.29. The van der Waals surface area contributed by atoms with Gasteiger partial charge >= 0.3 is 0 Å². The van der Waals surface area contributed by atoms with Gasteiger partial charge in [-0.3, -0.25) is 14.6 Å². The molecule has 0 fully saturated rings. The van der Waals surface area contributed by atoms with Crippen LogP contribution in [0.1, 0.15) is 12.1 Å². The number of aryl methyl sites for hydroxylation is 1. The Morgan fingerprint density at radius 3 is 2.50 bits per heavy atom. The van der Waals surface area contributed by atoms with E-state index in [0.29, 0.717) is 11.3 Å². The molecule has 2 aromatic heterocycles. The number of aromatic nitrogens is 4. The minimum Gasteiger partial charge on any atom is -0.268 e. The Kier molecular flexibility index (Phi) is 3.31. The van der Waals surface area contributed by atoms with Crippen molar-refractivity contribution in [1.29, 1.82) is 0 Å². The molecule has 0 aliphatic carbocycles. The quantitative estimate of drug-likeness (QED) is 0.540. The maximum absolute atomic E-state index is 13.8. The predicted molar refractivity (Wildman–Crippen MR) is 94.4 cm³/mol. The van der Waals surface area contributed by atoms with Gasteiger partial charge in [0.05, 0.1) is 11.0 Å². The van der Waals surface area contributed by atoms with Gasteiger partial charge in [-0.15, -0.1) is 0 Å². The average Bonchev–Trinajstić information content (AvgIpc) is 3.24. The van der Waals surface area contributed by atoms with Crippen LogP contribution in [0.25, 0.3) is 33.4 Å². The minimum atomic E-state index is -0.869. The summed E-state index contributed by atoms with van der Waals surface area (Å²) in [6.45, 7) is 0.833. The highest BCUT2D eigenvalue weighted by Crippen LogP contribution is 2.38. The largest absolute Gasteiger partial charge is 0.268 e. The summed E-state index contributed by atoms with van der Waals surface area (Å²) >= 11 is 0. The van der Waals surface area contributed by atoms with Crippen LogP contribution in [0.2, 0.25) is 0 Å². The zero-order valence-electron chi connectivity index (χ0n) is 13.8. The van der Waals surface area contributed by atoms with E-state index in [4.69, 9.17) is 0 Å². The number of hydrogen-bond donors (Lipinski definition) is 0. The first-order chi connectivity index (χ1) is 12.7. The Morgan fingerprint density at radius 2 is 1.65 bits per heavy atom. The molecule has 6 heteroatoms. The summed E-state index contributed by atoms with van der Waals surface area (Å²) in [7, 11) is 0. The lowest BCUT2D eigenvalue weighted by molar-refractivity contribution is 0.509. The highest BCUT2D eigenvalue weighted by molar-refractivity contribution is 5.88. The van der Waals surface area contributed by atoms with Gasteiger partial charge in [-0.1, -0.05) is 6.07 Å². The molecule has 4 nitrogen and oxygen atoms in total. The number of halogens is 2. The van der Waals surface area contributed by atoms with Gasteiger partial charge in [-0.25, -0.2) is 8.78 Å². The van der Waals surface area contributed by atoms with Crippen molar-refractivity contribution in [2.24, 2.45) is 0 Å². The average molecular weight is 348 g/mol. The van der Waals surface area contributed by atoms with E-state index in [-0.39, 0.29) is 0 Å². The molecule has 0 saturated carbocycles. The zero-order chi connectivity index (χ0) is 17.7. The fourth-order valence-corrected chi connectivity index (χ4v) is 3.60. The predicted octanol–water partition coefficient (Wildman–Crippen LogP) is 4.38. The van der Waals surface area contributed by atoms with Crippen LogP contribution in [0.4, 0.5) is 8.78 Å². The third-order valence-corrected chi connectivity index (χ3v) is 4.79. The molecular formula is C20H14F2N4. The van der Waals surface area contributed by atoms with Crippen LogP contribution in [-0.4, -0.2) is 19.7 Å². The Bertz CT molecular complexity index is 1150. The van der Waals surface area contributed by atoms with Gasteiger partial charge in [0.15, 0.2) is 11.6 Å². The van der Waals surface area contributed by atoms with Gasteiger partial charge in [0.25, 0.3) is 0 Å². The number of nitrogens with zero attached hydrogens (tertiary/aromatic N) is 4. The van der Waals surface area contributed by atoms with Crippen molar-refractivity contribution in [1.82, 2.24) is 19.7 Å². The highest BCUT2D eigenvalue weighted by Gasteiger charge is 2.24. The maximum Gasteiger partial charge on any atom is 0.159 e. The van der Waals surface area contributed by atoms with Crippen molar-refractivity contribution in [3.05, 3.63) is 66.1 Å². The maximum atomic E-state index is 13.8. The fourth-order valence-electron chi connectivity index (χ4n) is 3.60. The summed E-state index contributed by atoms with van der Waals surface area (Å²) in [6.07, 6.45) is 5.25. The lowest BCUT2D eigenvalue weighted by Gasteiger charge is -2.07. The summed E-state index contributed by atoms with van der Waals surface area (Å²) in [5.41, 5.74) is 5.88. The van der Waals surface area contributed by atoms with Gasteiger partial charge in [0, 0.05) is 35.8 Å². The van der Waals surface area contributed by atoms with Crippen molar-refractivity contribution in [2.45, 2.75) is 19.4 Å². The van der Waals surface area contributed by atoms with E-state index >= 15 is 0 Å². The summed E-state index contributed by atoms with van der Waals surface area (Å²) in [4.78, 5) is 8.68. The van der Waals surface area contributed by atoms with Gasteiger partial charge in [-0.2, -0.15) is 5.10 Å². The molecule has 0 radical (unpaired) electrons. The van der Waals surface area contributed by atoms with Gasteiger partial charge in [0.1, 0.15) is 5.69 Å². The van der Waals surface area contributed by atoms with Crippen LogP contribution in [0.15, 0.2) is 48.8 Å². The first-order valence-electron chi connectivity index (χ1n) is 8.47. The molecule has 5 rings (SSSR count). The Labute approximate surface area is 148 Å². The lowest BCUT2D eigenvalue weighted by atomic mass is 9.97. The number of rotatable bonds is 2. The van der Waals surface area contributed by atoms with E-state index in [1.807, 2.05) is 22.9 Å². The minimum absolute atomic E-state index is 0.569. The van der Waals surface area contributed by atoms with Gasteiger partial charge in [0.2, 0.25) is 0 Å². The molecule has 4 aromatic rings. The van der Waals surface area contributed by atoms with E-state index < -0.39 is 11.6 Å². The topological polar surface area (TPSA) is 43.6 Å². The Morgan fingerprint density at radius 1 is 0.846 bits per heavy atom. The van der Waals surface area contributed by atoms with E-state index in [9.17, 15) is 8.78 Å². The van der Waals surface area contributed by atoms with Crippen LogP contribution >= 0.6 is 0 Å².